The SMILES string of the molecule is CC[C@H](C)[C@H](NC(=O)[C@@H](NC(=O)[C@H](CCCCN)NC(=O)[C@H](CO)NC(=O)[C@H]1CCCN1)C(C)C)C(=O)N[C@@H](CC(C)C)C(=O)O. The van der Waals surface area contributed by atoms with E-state index in [4.69, 9.17) is 5.73 Å². The van der Waals surface area contributed by atoms with Crippen molar-refractivity contribution in [1.82, 2.24) is 31.9 Å². The highest BCUT2D eigenvalue weighted by Crippen LogP contribution is 2.13. The Hall–Kier alpha value is -3.30. The highest BCUT2D eigenvalue weighted by Gasteiger charge is 2.35. The summed E-state index contributed by atoms with van der Waals surface area (Å²) in [5.74, 6) is -5.07. The third-order valence-corrected chi connectivity index (χ3v) is 8.13. The number of hydrogen-bond donors (Lipinski definition) is 9. The Bertz CT molecular complexity index is 1020. The van der Waals surface area contributed by atoms with Crippen LogP contribution >= 0.6 is 0 Å². The molecule has 1 saturated heterocycles. The van der Waals surface area contributed by atoms with Crippen LogP contribution in [0.25, 0.3) is 0 Å². The number of aliphatic hydroxyl groups excluding tert-OH is 1. The van der Waals surface area contributed by atoms with E-state index in [-0.39, 0.29) is 24.7 Å². The van der Waals surface area contributed by atoms with Gasteiger partial charge in [0.15, 0.2) is 0 Å². The second kappa shape index (κ2) is 20.7. The Balaban J connectivity index is 3.09. The second-order valence-electron chi connectivity index (χ2n) is 12.9. The number of amides is 5. The fraction of sp³-hybridized carbons (Fsp3) is 0.806. The highest BCUT2D eigenvalue weighted by atomic mass is 16.4. The van der Waals surface area contributed by atoms with Gasteiger partial charge in [0.25, 0.3) is 0 Å². The summed E-state index contributed by atoms with van der Waals surface area (Å²) in [7, 11) is 0. The summed E-state index contributed by atoms with van der Waals surface area (Å²) in [6, 6.07) is -6.16. The van der Waals surface area contributed by atoms with Crippen LogP contribution in [0.4, 0.5) is 0 Å². The van der Waals surface area contributed by atoms with Crippen molar-refractivity contribution in [2.24, 2.45) is 23.5 Å². The van der Waals surface area contributed by atoms with Gasteiger partial charge in [-0.1, -0.05) is 48.0 Å². The minimum atomic E-state index is -1.29. The van der Waals surface area contributed by atoms with Crippen molar-refractivity contribution in [3.8, 4) is 0 Å². The number of carbonyl (C=O) groups excluding carboxylic acids is 5. The maximum Gasteiger partial charge on any atom is 0.326 e. The van der Waals surface area contributed by atoms with E-state index < -0.39 is 84.3 Å². The molecule has 0 aromatic rings. The standard InChI is InChI=1S/C31H57N7O8/c1-7-19(6)25(30(44)35-22(31(45)46)15-17(2)3)38-29(43)24(18(4)5)37-27(41)21(11-8-9-13-32)34-28(42)23(16-39)36-26(40)20-12-10-14-33-20/h17-25,33,39H,7-16,32H2,1-6H3,(H,34,42)(H,35,44)(H,36,40)(H,37,41)(H,38,43)(H,45,46)/t19-,20+,21-,22-,23-,24-,25-/m0/s1. The molecule has 0 aliphatic carbocycles. The summed E-state index contributed by atoms with van der Waals surface area (Å²) in [5, 5.41) is 35.5. The molecule has 1 aliphatic heterocycles. The van der Waals surface area contributed by atoms with Crippen LogP contribution in [-0.4, -0.2) is 102 Å². The van der Waals surface area contributed by atoms with Gasteiger partial charge < -0.3 is 47.8 Å². The van der Waals surface area contributed by atoms with Crippen LogP contribution < -0.4 is 37.6 Å². The maximum absolute atomic E-state index is 13.5. The Kier molecular flexibility index (Phi) is 18.4. The second-order valence-corrected chi connectivity index (χ2v) is 12.9. The van der Waals surface area contributed by atoms with E-state index in [0.717, 1.165) is 6.42 Å². The molecule has 0 aromatic heterocycles. The first-order valence-electron chi connectivity index (χ1n) is 16.5. The number of unbranched alkanes of at least 4 members (excludes halogenated alkanes) is 1. The molecule has 0 unspecified atom stereocenters. The molecular formula is C31H57N7O8. The molecule has 10 N–H and O–H groups in total. The maximum atomic E-state index is 13.5. The normalized spacial score (nSPS) is 18.5. The van der Waals surface area contributed by atoms with Crippen molar-refractivity contribution >= 4 is 35.5 Å². The van der Waals surface area contributed by atoms with E-state index in [2.05, 4.69) is 31.9 Å². The molecule has 264 valence electrons. The molecule has 0 spiro atoms. The monoisotopic (exact) mass is 655 g/mol. The molecule has 7 atom stereocenters. The van der Waals surface area contributed by atoms with E-state index in [0.29, 0.717) is 38.8 Å². The molecule has 15 heteroatoms. The summed E-state index contributed by atoms with van der Waals surface area (Å²) in [6.45, 7) is 11.0. The van der Waals surface area contributed by atoms with Crippen LogP contribution in [0.1, 0.15) is 86.5 Å². The van der Waals surface area contributed by atoms with Gasteiger partial charge in [0, 0.05) is 0 Å². The minimum absolute atomic E-state index is 0.00472. The van der Waals surface area contributed by atoms with Gasteiger partial charge in [-0.2, -0.15) is 0 Å². The van der Waals surface area contributed by atoms with Crippen LogP contribution in [0.2, 0.25) is 0 Å². The Labute approximate surface area is 272 Å². The Morgan fingerprint density at radius 1 is 0.804 bits per heavy atom. The number of aliphatic carboxylic acids is 1. The van der Waals surface area contributed by atoms with Gasteiger partial charge in [-0.3, -0.25) is 24.0 Å². The fourth-order valence-corrected chi connectivity index (χ4v) is 5.10. The molecule has 1 heterocycles. The number of aliphatic hydroxyl groups is 1. The molecule has 0 bridgehead atoms. The molecule has 1 aliphatic rings. The molecule has 46 heavy (non-hydrogen) atoms. The van der Waals surface area contributed by atoms with Crippen LogP contribution in [0.3, 0.4) is 0 Å². The number of carboxylic acid groups (broad SMARTS) is 1. The van der Waals surface area contributed by atoms with E-state index in [1.165, 1.54) is 0 Å². The summed E-state index contributed by atoms with van der Waals surface area (Å²) >= 11 is 0. The van der Waals surface area contributed by atoms with Crippen molar-refractivity contribution in [2.45, 2.75) is 123 Å². The van der Waals surface area contributed by atoms with Crippen molar-refractivity contribution in [3.63, 3.8) is 0 Å². The summed E-state index contributed by atoms with van der Waals surface area (Å²) in [4.78, 5) is 77.7. The number of nitrogens with one attached hydrogen (secondary N) is 6. The first-order chi connectivity index (χ1) is 21.7. The third kappa shape index (κ3) is 13.6. The first kappa shape index (κ1) is 40.7. The summed E-state index contributed by atoms with van der Waals surface area (Å²) in [6.07, 6.45) is 3.36. The predicted octanol–water partition coefficient (Wildman–Crippen LogP) is -0.883. The van der Waals surface area contributed by atoms with Gasteiger partial charge in [-0.15, -0.1) is 0 Å². The molecule has 5 amide bonds. The van der Waals surface area contributed by atoms with Crippen molar-refractivity contribution in [1.29, 1.82) is 0 Å². The van der Waals surface area contributed by atoms with Gasteiger partial charge in [0.2, 0.25) is 29.5 Å². The van der Waals surface area contributed by atoms with Crippen molar-refractivity contribution in [3.05, 3.63) is 0 Å². The molecule has 1 rings (SSSR count). The first-order valence-corrected chi connectivity index (χ1v) is 16.5. The average Bonchev–Trinajstić information content (AvgIpc) is 3.54. The molecular weight excluding hydrogens is 598 g/mol. The molecule has 15 nitrogen and oxygen atoms in total. The zero-order valence-corrected chi connectivity index (χ0v) is 28.2. The number of carbonyl (C=O) groups is 6. The number of rotatable bonds is 21. The smallest absolute Gasteiger partial charge is 0.326 e. The molecule has 0 aromatic carbocycles. The lowest BCUT2D eigenvalue weighted by atomic mass is 9.95. The Morgan fingerprint density at radius 2 is 1.39 bits per heavy atom. The van der Waals surface area contributed by atoms with Gasteiger partial charge in [0.05, 0.1) is 12.6 Å². The summed E-state index contributed by atoms with van der Waals surface area (Å²) in [5.41, 5.74) is 5.62. The van der Waals surface area contributed by atoms with Crippen LogP contribution in [0, 0.1) is 17.8 Å². The van der Waals surface area contributed by atoms with Gasteiger partial charge in [0.1, 0.15) is 30.2 Å². The molecule has 0 saturated carbocycles. The van der Waals surface area contributed by atoms with Gasteiger partial charge in [-0.25, -0.2) is 4.79 Å². The van der Waals surface area contributed by atoms with Crippen LogP contribution in [0.15, 0.2) is 0 Å². The lowest BCUT2D eigenvalue weighted by Gasteiger charge is -2.30. The van der Waals surface area contributed by atoms with Crippen LogP contribution in [0.5, 0.6) is 0 Å². The van der Waals surface area contributed by atoms with Crippen molar-refractivity contribution in [2.75, 3.05) is 19.7 Å². The minimum Gasteiger partial charge on any atom is -0.480 e. The number of hydrogen-bond acceptors (Lipinski definition) is 9. The topological polar surface area (TPSA) is 241 Å². The largest absolute Gasteiger partial charge is 0.480 e. The predicted molar refractivity (Wildman–Crippen MR) is 172 cm³/mol. The van der Waals surface area contributed by atoms with Gasteiger partial charge >= 0.3 is 5.97 Å². The number of nitrogens with two attached hydrogens (primary N) is 1. The van der Waals surface area contributed by atoms with Crippen molar-refractivity contribution < 1.29 is 39.0 Å². The Morgan fingerprint density at radius 3 is 1.89 bits per heavy atom. The third-order valence-electron chi connectivity index (χ3n) is 8.13. The molecule has 0 radical (unpaired) electrons. The lowest BCUT2D eigenvalue weighted by molar-refractivity contribution is -0.143. The van der Waals surface area contributed by atoms with Crippen LogP contribution in [-0.2, 0) is 28.8 Å². The average molecular weight is 656 g/mol. The highest BCUT2D eigenvalue weighted by molar-refractivity contribution is 5.96. The number of carboxylic acids is 1. The van der Waals surface area contributed by atoms with E-state index in [1.54, 1.807) is 20.8 Å². The summed E-state index contributed by atoms with van der Waals surface area (Å²) < 4.78 is 0. The van der Waals surface area contributed by atoms with E-state index in [1.807, 2.05) is 20.8 Å². The lowest BCUT2D eigenvalue weighted by Crippen LogP contribution is -2.61. The van der Waals surface area contributed by atoms with E-state index in [9.17, 15) is 39.0 Å². The fourth-order valence-electron chi connectivity index (χ4n) is 5.10. The molecule has 1 fully saturated rings. The van der Waals surface area contributed by atoms with E-state index >= 15 is 0 Å². The zero-order chi connectivity index (χ0) is 35.0. The van der Waals surface area contributed by atoms with Gasteiger partial charge in [-0.05, 0) is 69.4 Å². The zero-order valence-electron chi connectivity index (χ0n) is 28.2. The quantitative estimate of drug-likeness (QED) is 0.0692.